The summed E-state index contributed by atoms with van der Waals surface area (Å²) in [7, 11) is 1.55. The maximum Gasteiger partial charge on any atom is 0.325 e. The monoisotopic (exact) mass is 344 g/mol. The number of fused-ring (bicyclic) bond motifs is 1. The number of hydrogen-bond donors (Lipinski definition) is 1. The van der Waals surface area contributed by atoms with E-state index in [0.717, 1.165) is 5.56 Å². The second-order valence-corrected chi connectivity index (χ2v) is 5.34. The van der Waals surface area contributed by atoms with E-state index in [0.29, 0.717) is 17.2 Å². The van der Waals surface area contributed by atoms with Crippen molar-refractivity contribution in [2.75, 3.05) is 13.9 Å². The lowest BCUT2D eigenvalue weighted by Gasteiger charge is -2.13. The molecule has 1 unspecified atom stereocenters. The topological polar surface area (TPSA) is 91.3 Å². The third kappa shape index (κ3) is 3.65. The Balaban J connectivity index is 1.71. The number of carboxylic acid groups (broad SMARTS) is 1. The zero-order chi connectivity index (χ0) is 17.8. The lowest BCUT2D eigenvalue weighted by atomic mass is 9.99. The zero-order valence-electron chi connectivity index (χ0n) is 13.4. The molecule has 1 aliphatic heterocycles. The van der Waals surface area contributed by atoms with Crippen molar-refractivity contribution in [3.63, 3.8) is 0 Å². The van der Waals surface area contributed by atoms with Gasteiger partial charge in [-0.15, -0.1) is 0 Å². The van der Waals surface area contributed by atoms with E-state index in [2.05, 4.69) is 0 Å². The number of aliphatic carboxylic acids is 1. The van der Waals surface area contributed by atoms with Gasteiger partial charge in [-0.1, -0.05) is 18.2 Å². The molecule has 0 saturated heterocycles. The van der Waals surface area contributed by atoms with Crippen molar-refractivity contribution in [2.45, 2.75) is 12.5 Å². The summed E-state index contributed by atoms with van der Waals surface area (Å²) in [5, 5.41) is 9.42. The molecular weight excluding hydrogens is 328 g/mol. The van der Waals surface area contributed by atoms with E-state index in [9.17, 15) is 14.7 Å². The van der Waals surface area contributed by atoms with Gasteiger partial charge in [0.2, 0.25) is 6.79 Å². The molecule has 1 N–H and O–H groups in total. The van der Waals surface area contributed by atoms with E-state index in [1.165, 1.54) is 12.1 Å². The summed E-state index contributed by atoms with van der Waals surface area (Å²) in [5.41, 5.74) is 1.00. The van der Waals surface area contributed by atoms with Gasteiger partial charge in [-0.05, 0) is 35.4 Å². The summed E-state index contributed by atoms with van der Waals surface area (Å²) in [6.45, 7) is 0.0373. The van der Waals surface area contributed by atoms with E-state index < -0.39 is 17.9 Å². The molecule has 0 saturated carbocycles. The SMILES string of the molecule is COc1ccc(COC(=O)C(C(=O)O)c2ccc3c(c2)OCO3)cc1. The molecule has 0 bridgehead atoms. The van der Waals surface area contributed by atoms with Crippen LogP contribution in [0.5, 0.6) is 17.2 Å². The first-order valence-corrected chi connectivity index (χ1v) is 7.50. The minimum atomic E-state index is -1.44. The van der Waals surface area contributed by atoms with Crippen LogP contribution in [0.4, 0.5) is 0 Å². The molecule has 0 fully saturated rings. The Morgan fingerprint density at radius 1 is 1.12 bits per heavy atom. The molecule has 0 radical (unpaired) electrons. The largest absolute Gasteiger partial charge is 0.497 e. The van der Waals surface area contributed by atoms with Gasteiger partial charge >= 0.3 is 11.9 Å². The highest BCUT2D eigenvalue weighted by Gasteiger charge is 2.31. The van der Waals surface area contributed by atoms with E-state index in [4.69, 9.17) is 18.9 Å². The Kier molecular flexibility index (Phi) is 4.74. The second-order valence-electron chi connectivity index (χ2n) is 5.34. The lowest BCUT2D eigenvalue weighted by Crippen LogP contribution is -2.23. The van der Waals surface area contributed by atoms with Gasteiger partial charge in [-0.3, -0.25) is 9.59 Å². The van der Waals surface area contributed by atoms with Crippen LogP contribution in [0.15, 0.2) is 42.5 Å². The summed E-state index contributed by atoms with van der Waals surface area (Å²) in [5.74, 6) is -1.97. The fourth-order valence-corrected chi connectivity index (χ4v) is 2.43. The van der Waals surface area contributed by atoms with Gasteiger partial charge in [0.15, 0.2) is 17.4 Å². The number of esters is 1. The third-order valence-corrected chi connectivity index (χ3v) is 3.75. The number of benzene rings is 2. The number of ether oxygens (including phenoxy) is 4. The average Bonchev–Trinajstić information content (AvgIpc) is 3.08. The van der Waals surface area contributed by atoms with E-state index >= 15 is 0 Å². The standard InChI is InChI=1S/C18H16O7/c1-22-13-5-2-11(3-6-13)9-23-18(21)16(17(19)20)12-4-7-14-15(8-12)25-10-24-14/h2-8,16H,9-10H2,1H3,(H,19,20). The molecule has 0 spiro atoms. The molecule has 0 aliphatic carbocycles. The predicted octanol–water partition coefficient (Wildman–Crippen LogP) is 2.34. The molecule has 7 heteroatoms. The summed E-state index contributed by atoms with van der Waals surface area (Å²) in [6.07, 6.45) is 0. The van der Waals surface area contributed by atoms with Crippen LogP contribution in [0.2, 0.25) is 0 Å². The Hall–Kier alpha value is -3.22. The number of carbonyl (C=O) groups excluding carboxylic acids is 1. The zero-order valence-corrected chi connectivity index (χ0v) is 13.4. The van der Waals surface area contributed by atoms with Gasteiger partial charge in [-0.2, -0.15) is 0 Å². The lowest BCUT2D eigenvalue weighted by molar-refractivity contribution is -0.155. The van der Waals surface area contributed by atoms with Crippen LogP contribution in [0.1, 0.15) is 17.0 Å². The first-order chi connectivity index (χ1) is 12.1. The van der Waals surface area contributed by atoms with Crippen molar-refractivity contribution in [3.05, 3.63) is 53.6 Å². The fourth-order valence-electron chi connectivity index (χ4n) is 2.43. The summed E-state index contributed by atoms with van der Waals surface area (Å²) in [4.78, 5) is 23.8. The maximum absolute atomic E-state index is 12.3. The van der Waals surface area contributed by atoms with Crippen molar-refractivity contribution >= 4 is 11.9 Å². The summed E-state index contributed by atoms with van der Waals surface area (Å²) < 4.78 is 20.6. The molecule has 7 nitrogen and oxygen atoms in total. The van der Waals surface area contributed by atoms with Crippen LogP contribution >= 0.6 is 0 Å². The van der Waals surface area contributed by atoms with Crippen molar-refractivity contribution in [1.82, 2.24) is 0 Å². The van der Waals surface area contributed by atoms with Crippen LogP contribution in [0, 0.1) is 0 Å². The number of carboxylic acids is 1. The minimum Gasteiger partial charge on any atom is -0.497 e. The Morgan fingerprint density at radius 2 is 1.84 bits per heavy atom. The molecule has 130 valence electrons. The van der Waals surface area contributed by atoms with E-state index in [1.54, 1.807) is 37.4 Å². The molecule has 0 aromatic heterocycles. The Labute approximate surface area is 143 Å². The van der Waals surface area contributed by atoms with Gasteiger partial charge in [0.1, 0.15) is 12.4 Å². The number of rotatable bonds is 6. The molecule has 25 heavy (non-hydrogen) atoms. The quantitative estimate of drug-likeness (QED) is 0.635. The summed E-state index contributed by atoms with van der Waals surface area (Å²) >= 11 is 0. The Morgan fingerprint density at radius 3 is 2.52 bits per heavy atom. The number of methoxy groups -OCH3 is 1. The smallest absolute Gasteiger partial charge is 0.325 e. The van der Waals surface area contributed by atoms with Gasteiger partial charge in [0.05, 0.1) is 7.11 Å². The predicted molar refractivity (Wildman–Crippen MR) is 85.7 cm³/mol. The van der Waals surface area contributed by atoms with Crippen molar-refractivity contribution in [3.8, 4) is 17.2 Å². The average molecular weight is 344 g/mol. The molecular formula is C18H16O7. The van der Waals surface area contributed by atoms with Gasteiger partial charge in [-0.25, -0.2) is 0 Å². The maximum atomic E-state index is 12.3. The first-order valence-electron chi connectivity index (χ1n) is 7.50. The van der Waals surface area contributed by atoms with Crippen LogP contribution < -0.4 is 14.2 Å². The van der Waals surface area contributed by atoms with Crippen molar-refractivity contribution < 1.29 is 33.6 Å². The molecule has 3 rings (SSSR count). The van der Waals surface area contributed by atoms with Gasteiger partial charge in [0.25, 0.3) is 0 Å². The van der Waals surface area contributed by atoms with Crippen molar-refractivity contribution in [1.29, 1.82) is 0 Å². The Bertz CT molecular complexity index is 783. The molecule has 1 atom stereocenters. The number of carbonyl (C=O) groups is 2. The highest BCUT2D eigenvalue weighted by atomic mass is 16.7. The number of hydrogen-bond acceptors (Lipinski definition) is 6. The molecule has 2 aromatic carbocycles. The van der Waals surface area contributed by atoms with E-state index in [1.807, 2.05) is 0 Å². The second kappa shape index (κ2) is 7.12. The molecule has 1 aliphatic rings. The summed E-state index contributed by atoms with van der Waals surface area (Å²) in [6, 6.07) is 11.5. The highest BCUT2D eigenvalue weighted by Crippen LogP contribution is 2.35. The third-order valence-electron chi connectivity index (χ3n) is 3.75. The first kappa shape index (κ1) is 16.6. The van der Waals surface area contributed by atoms with E-state index in [-0.39, 0.29) is 19.0 Å². The van der Waals surface area contributed by atoms with Crippen LogP contribution in [-0.2, 0) is 20.9 Å². The van der Waals surface area contributed by atoms with Crippen molar-refractivity contribution in [2.24, 2.45) is 0 Å². The highest BCUT2D eigenvalue weighted by molar-refractivity contribution is 6.00. The fraction of sp³-hybridized carbons (Fsp3) is 0.222. The van der Waals surface area contributed by atoms with Gasteiger partial charge in [0, 0.05) is 0 Å². The van der Waals surface area contributed by atoms with Crippen LogP contribution in [-0.4, -0.2) is 30.9 Å². The van der Waals surface area contributed by atoms with Gasteiger partial charge < -0.3 is 24.1 Å². The van der Waals surface area contributed by atoms with Crippen LogP contribution in [0.3, 0.4) is 0 Å². The normalized spacial score (nSPS) is 13.2. The van der Waals surface area contributed by atoms with Crippen LogP contribution in [0.25, 0.3) is 0 Å². The molecule has 1 heterocycles. The molecule has 0 amide bonds. The minimum absolute atomic E-state index is 0.0306. The molecule has 2 aromatic rings.